The van der Waals surface area contributed by atoms with Crippen LogP contribution in [0.15, 0.2) is 24.3 Å². The molecule has 0 heterocycles. The van der Waals surface area contributed by atoms with E-state index in [1.165, 1.54) is 5.56 Å². The normalized spacial score (nSPS) is 10.4. The Bertz CT molecular complexity index is 321. The average Bonchev–Trinajstić information content (AvgIpc) is 2.31. The maximum atomic E-state index is 11.1. The highest BCUT2D eigenvalue weighted by Crippen LogP contribution is 2.16. The van der Waals surface area contributed by atoms with Gasteiger partial charge in [-0.25, -0.2) is 0 Å². The number of benzene rings is 1. The third-order valence-corrected chi connectivity index (χ3v) is 3.69. The number of Topliss-reactive ketones (excluding diaryl/α,β-unsaturated/α-hetero) is 1. The summed E-state index contributed by atoms with van der Waals surface area (Å²) in [6, 6.07) is 7.93. The van der Waals surface area contributed by atoms with Gasteiger partial charge in [0.25, 0.3) is 0 Å². The molecule has 0 aromatic heterocycles. The molecule has 0 radical (unpaired) electrons. The highest BCUT2D eigenvalue weighted by Gasteiger charge is 1.98. The first-order chi connectivity index (χ1) is 7.72. The second-order valence-electron chi connectivity index (χ2n) is 3.67. The lowest BCUT2D eigenvalue weighted by Gasteiger charge is -2.01. The first-order valence-corrected chi connectivity index (χ1v) is 7.09. The standard InChI is InChI=1S/C13H17ClOS/c1-2-13(15)4-3-9-16-10-11-5-7-12(14)8-6-11/h5-8H,2-4,9-10H2,1H3. The van der Waals surface area contributed by atoms with Gasteiger partial charge in [-0.2, -0.15) is 11.8 Å². The van der Waals surface area contributed by atoms with Crippen molar-refractivity contribution in [2.45, 2.75) is 31.9 Å². The summed E-state index contributed by atoms with van der Waals surface area (Å²) >= 11 is 7.67. The van der Waals surface area contributed by atoms with Gasteiger partial charge in [0.2, 0.25) is 0 Å². The van der Waals surface area contributed by atoms with Crippen LogP contribution >= 0.6 is 23.4 Å². The van der Waals surface area contributed by atoms with Crippen LogP contribution < -0.4 is 0 Å². The summed E-state index contributed by atoms with van der Waals surface area (Å²) in [6.45, 7) is 1.92. The molecule has 1 nitrogen and oxygen atoms in total. The van der Waals surface area contributed by atoms with Crippen LogP contribution in [-0.4, -0.2) is 11.5 Å². The summed E-state index contributed by atoms with van der Waals surface area (Å²) in [6.07, 6.45) is 2.39. The summed E-state index contributed by atoms with van der Waals surface area (Å²) in [5.41, 5.74) is 1.29. The lowest BCUT2D eigenvalue weighted by molar-refractivity contribution is -0.118. The van der Waals surface area contributed by atoms with Gasteiger partial charge in [-0.05, 0) is 29.9 Å². The van der Waals surface area contributed by atoms with Crippen LogP contribution in [0.2, 0.25) is 5.02 Å². The van der Waals surface area contributed by atoms with E-state index in [0.29, 0.717) is 12.2 Å². The van der Waals surface area contributed by atoms with Crippen molar-refractivity contribution >= 4 is 29.1 Å². The Morgan fingerprint density at radius 2 is 2.00 bits per heavy atom. The van der Waals surface area contributed by atoms with Crippen LogP contribution in [0.4, 0.5) is 0 Å². The van der Waals surface area contributed by atoms with E-state index in [1.807, 2.05) is 43.0 Å². The van der Waals surface area contributed by atoms with Gasteiger partial charge in [0.1, 0.15) is 5.78 Å². The van der Waals surface area contributed by atoms with Gasteiger partial charge in [-0.15, -0.1) is 0 Å². The minimum absolute atomic E-state index is 0.368. The fraction of sp³-hybridized carbons (Fsp3) is 0.462. The quantitative estimate of drug-likeness (QED) is 0.676. The zero-order valence-corrected chi connectivity index (χ0v) is 11.1. The Morgan fingerprint density at radius 1 is 1.31 bits per heavy atom. The SMILES string of the molecule is CCC(=O)CCCSCc1ccc(Cl)cc1. The van der Waals surface area contributed by atoms with Gasteiger partial charge in [-0.1, -0.05) is 30.7 Å². The Labute approximate surface area is 107 Å². The Kier molecular flexibility index (Phi) is 6.58. The zero-order valence-electron chi connectivity index (χ0n) is 9.54. The summed E-state index contributed by atoms with van der Waals surface area (Å²) < 4.78 is 0. The topological polar surface area (TPSA) is 17.1 Å². The molecule has 0 saturated carbocycles. The van der Waals surface area contributed by atoms with E-state index in [2.05, 4.69) is 0 Å². The van der Waals surface area contributed by atoms with Crippen molar-refractivity contribution in [3.05, 3.63) is 34.9 Å². The summed E-state index contributed by atoms with van der Waals surface area (Å²) in [5, 5.41) is 0.780. The molecule has 0 bridgehead atoms. The largest absolute Gasteiger partial charge is 0.300 e. The van der Waals surface area contributed by atoms with E-state index in [0.717, 1.165) is 29.4 Å². The van der Waals surface area contributed by atoms with E-state index < -0.39 is 0 Å². The minimum atomic E-state index is 0.368. The maximum absolute atomic E-state index is 11.1. The molecule has 0 fully saturated rings. The van der Waals surface area contributed by atoms with Gasteiger partial charge in [0.15, 0.2) is 0 Å². The van der Waals surface area contributed by atoms with Crippen LogP contribution in [0.3, 0.4) is 0 Å². The molecule has 1 aromatic rings. The lowest BCUT2D eigenvalue weighted by atomic mass is 10.2. The summed E-state index contributed by atoms with van der Waals surface area (Å²) in [5.74, 6) is 2.42. The number of rotatable bonds is 7. The van der Waals surface area contributed by atoms with E-state index in [1.54, 1.807) is 0 Å². The number of ketones is 1. The molecule has 1 rings (SSSR count). The molecule has 88 valence electrons. The van der Waals surface area contributed by atoms with Crippen molar-refractivity contribution < 1.29 is 4.79 Å². The number of thioether (sulfide) groups is 1. The third-order valence-electron chi connectivity index (χ3n) is 2.32. The Balaban J connectivity index is 2.11. The lowest BCUT2D eigenvalue weighted by Crippen LogP contribution is -1.95. The molecule has 0 amide bonds. The van der Waals surface area contributed by atoms with Gasteiger partial charge in [0, 0.05) is 23.6 Å². The average molecular weight is 257 g/mol. The molecule has 0 aliphatic rings. The number of carbonyl (C=O) groups excluding carboxylic acids is 1. The molecule has 0 spiro atoms. The Morgan fingerprint density at radius 3 is 2.62 bits per heavy atom. The first kappa shape index (κ1) is 13.6. The molecule has 0 unspecified atom stereocenters. The molecule has 16 heavy (non-hydrogen) atoms. The highest BCUT2D eigenvalue weighted by molar-refractivity contribution is 7.98. The molecule has 0 aliphatic heterocycles. The van der Waals surface area contributed by atoms with E-state index >= 15 is 0 Å². The van der Waals surface area contributed by atoms with Crippen LogP contribution in [-0.2, 0) is 10.5 Å². The molecule has 0 saturated heterocycles. The van der Waals surface area contributed by atoms with Gasteiger partial charge < -0.3 is 0 Å². The first-order valence-electron chi connectivity index (χ1n) is 5.56. The predicted octanol–water partition coefficient (Wildman–Crippen LogP) is 4.33. The van der Waals surface area contributed by atoms with Crippen LogP contribution in [0, 0.1) is 0 Å². The molecular weight excluding hydrogens is 240 g/mol. The second kappa shape index (κ2) is 7.75. The predicted molar refractivity (Wildman–Crippen MR) is 72.1 cm³/mol. The third kappa shape index (κ3) is 5.57. The van der Waals surface area contributed by atoms with Crippen LogP contribution in [0.25, 0.3) is 0 Å². The minimum Gasteiger partial charge on any atom is -0.300 e. The van der Waals surface area contributed by atoms with Crippen molar-refractivity contribution in [2.75, 3.05) is 5.75 Å². The highest BCUT2D eigenvalue weighted by atomic mass is 35.5. The van der Waals surface area contributed by atoms with E-state index in [4.69, 9.17) is 11.6 Å². The van der Waals surface area contributed by atoms with E-state index in [-0.39, 0.29) is 0 Å². The van der Waals surface area contributed by atoms with Crippen LogP contribution in [0.5, 0.6) is 0 Å². The fourth-order valence-corrected chi connectivity index (χ4v) is 2.37. The van der Waals surface area contributed by atoms with Gasteiger partial charge >= 0.3 is 0 Å². The summed E-state index contributed by atoms with van der Waals surface area (Å²) in [4.78, 5) is 11.1. The number of carbonyl (C=O) groups is 1. The zero-order chi connectivity index (χ0) is 11.8. The van der Waals surface area contributed by atoms with Gasteiger partial charge in [0.05, 0.1) is 0 Å². The maximum Gasteiger partial charge on any atom is 0.132 e. The monoisotopic (exact) mass is 256 g/mol. The molecule has 1 aromatic carbocycles. The van der Waals surface area contributed by atoms with Crippen molar-refractivity contribution in [3.63, 3.8) is 0 Å². The summed E-state index contributed by atoms with van der Waals surface area (Å²) in [7, 11) is 0. The molecule has 0 aliphatic carbocycles. The smallest absolute Gasteiger partial charge is 0.132 e. The Hall–Kier alpha value is -0.470. The van der Waals surface area contributed by atoms with Crippen molar-refractivity contribution in [2.24, 2.45) is 0 Å². The molecule has 3 heteroatoms. The molecule has 0 atom stereocenters. The fourth-order valence-electron chi connectivity index (χ4n) is 1.32. The van der Waals surface area contributed by atoms with Crippen molar-refractivity contribution in [1.82, 2.24) is 0 Å². The van der Waals surface area contributed by atoms with Crippen molar-refractivity contribution in [1.29, 1.82) is 0 Å². The second-order valence-corrected chi connectivity index (χ2v) is 5.22. The number of halogens is 1. The molecular formula is C13H17ClOS. The number of hydrogen-bond acceptors (Lipinski definition) is 2. The van der Waals surface area contributed by atoms with Crippen LogP contribution in [0.1, 0.15) is 31.7 Å². The molecule has 0 N–H and O–H groups in total. The van der Waals surface area contributed by atoms with Gasteiger partial charge in [-0.3, -0.25) is 4.79 Å². The van der Waals surface area contributed by atoms with Crippen molar-refractivity contribution in [3.8, 4) is 0 Å². The number of hydrogen-bond donors (Lipinski definition) is 0. The van der Waals surface area contributed by atoms with E-state index in [9.17, 15) is 4.79 Å².